The molecule has 4 heteroatoms. The Kier molecular flexibility index (Phi) is 4.56. The molecule has 0 aliphatic rings. The highest BCUT2D eigenvalue weighted by Crippen LogP contribution is 2.23. The van der Waals surface area contributed by atoms with Crippen molar-refractivity contribution in [3.8, 4) is 5.75 Å². The van der Waals surface area contributed by atoms with Gasteiger partial charge in [-0.1, -0.05) is 28.1 Å². The SMILES string of the molecule is CC(C)Oc1cncc(C(N)c2ccc(Br)cc2)c1. The van der Waals surface area contributed by atoms with E-state index in [4.69, 9.17) is 10.5 Å². The van der Waals surface area contributed by atoms with Gasteiger partial charge in [-0.05, 0) is 43.2 Å². The van der Waals surface area contributed by atoms with Gasteiger partial charge in [0.2, 0.25) is 0 Å². The zero-order chi connectivity index (χ0) is 13.8. The second-order valence-corrected chi connectivity index (χ2v) is 5.57. The highest BCUT2D eigenvalue weighted by Gasteiger charge is 2.10. The normalized spacial score (nSPS) is 12.5. The molecule has 0 aliphatic carbocycles. The number of hydrogen-bond donors (Lipinski definition) is 1. The molecule has 0 saturated carbocycles. The highest BCUT2D eigenvalue weighted by molar-refractivity contribution is 9.10. The van der Waals surface area contributed by atoms with Gasteiger partial charge >= 0.3 is 0 Å². The Morgan fingerprint density at radius 3 is 2.42 bits per heavy atom. The van der Waals surface area contributed by atoms with E-state index >= 15 is 0 Å². The van der Waals surface area contributed by atoms with Gasteiger partial charge in [-0.15, -0.1) is 0 Å². The number of ether oxygens (including phenoxy) is 1. The second kappa shape index (κ2) is 6.17. The van der Waals surface area contributed by atoms with Gasteiger partial charge in [-0.2, -0.15) is 0 Å². The molecule has 0 bridgehead atoms. The first kappa shape index (κ1) is 14.0. The minimum absolute atomic E-state index is 0.126. The fourth-order valence-electron chi connectivity index (χ4n) is 1.80. The van der Waals surface area contributed by atoms with Crippen molar-refractivity contribution >= 4 is 15.9 Å². The molecule has 0 spiro atoms. The number of rotatable bonds is 4. The van der Waals surface area contributed by atoms with Crippen molar-refractivity contribution in [3.05, 3.63) is 58.3 Å². The summed E-state index contributed by atoms with van der Waals surface area (Å²) in [5, 5.41) is 0. The Labute approximate surface area is 121 Å². The van der Waals surface area contributed by atoms with Gasteiger partial charge in [-0.3, -0.25) is 4.98 Å². The fraction of sp³-hybridized carbons (Fsp3) is 0.267. The van der Waals surface area contributed by atoms with E-state index in [1.54, 1.807) is 12.4 Å². The number of nitrogens with two attached hydrogens (primary N) is 1. The van der Waals surface area contributed by atoms with Gasteiger partial charge in [0.15, 0.2) is 0 Å². The van der Waals surface area contributed by atoms with Gasteiger partial charge < -0.3 is 10.5 Å². The summed E-state index contributed by atoms with van der Waals surface area (Å²) in [4.78, 5) is 4.19. The van der Waals surface area contributed by atoms with Crippen molar-refractivity contribution in [2.75, 3.05) is 0 Å². The highest BCUT2D eigenvalue weighted by atomic mass is 79.9. The van der Waals surface area contributed by atoms with E-state index in [9.17, 15) is 0 Å². The predicted octanol–water partition coefficient (Wildman–Crippen LogP) is 3.68. The second-order valence-electron chi connectivity index (χ2n) is 4.65. The molecule has 1 unspecified atom stereocenters. The number of halogens is 1. The molecule has 19 heavy (non-hydrogen) atoms. The smallest absolute Gasteiger partial charge is 0.138 e. The summed E-state index contributed by atoms with van der Waals surface area (Å²) < 4.78 is 6.67. The Bertz CT molecular complexity index is 540. The van der Waals surface area contributed by atoms with E-state index in [0.29, 0.717) is 0 Å². The maximum absolute atomic E-state index is 6.26. The zero-order valence-electron chi connectivity index (χ0n) is 11.0. The first-order valence-corrected chi connectivity index (χ1v) is 6.98. The number of pyridine rings is 1. The van der Waals surface area contributed by atoms with Crippen molar-refractivity contribution < 1.29 is 4.74 Å². The van der Waals surface area contributed by atoms with Crippen molar-refractivity contribution in [2.24, 2.45) is 5.73 Å². The lowest BCUT2D eigenvalue weighted by Gasteiger charge is -2.15. The Morgan fingerprint density at radius 1 is 1.11 bits per heavy atom. The van der Waals surface area contributed by atoms with Crippen LogP contribution in [0.25, 0.3) is 0 Å². The van der Waals surface area contributed by atoms with Crippen LogP contribution in [0.4, 0.5) is 0 Å². The van der Waals surface area contributed by atoms with Crippen LogP contribution >= 0.6 is 15.9 Å². The molecule has 0 radical (unpaired) electrons. The number of aromatic nitrogens is 1. The first-order chi connectivity index (χ1) is 9.06. The van der Waals surface area contributed by atoms with E-state index < -0.39 is 0 Å². The molecular formula is C15H17BrN2O. The van der Waals surface area contributed by atoms with E-state index in [0.717, 1.165) is 21.3 Å². The zero-order valence-corrected chi connectivity index (χ0v) is 12.6. The van der Waals surface area contributed by atoms with Crippen LogP contribution in [-0.2, 0) is 0 Å². The van der Waals surface area contributed by atoms with Gasteiger partial charge in [0.1, 0.15) is 5.75 Å². The van der Waals surface area contributed by atoms with Crippen molar-refractivity contribution in [1.29, 1.82) is 0 Å². The topological polar surface area (TPSA) is 48.1 Å². The molecule has 0 aliphatic heterocycles. The Balaban J connectivity index is 2.23. The summed E-state index contributed by atoms with van der Waals surface area (Å²) >= 11 is 3.42. The average molecular weight is 321 g/mol. The maximum atomic E-state index is 6.26. The van der Waals surface area contributed by atoms with E-state index in [2.05, 4.69) is 20.9 Å². The standard InChI is InChI=1S/C15H17BrN2O/c1-10(2)19-14-7-12(8-18-9-14)15(17)11-3-5-13(16)6-4-11/h3-10,15H,17H2,1-2H3. The summed E-state index contributed by atoms with van der Waals surface area (Å²) in [7, 11) is 0. The van der Waals surface area contributed by atoms with E-state index in [1.807, 2.05) is 44.2 Å². The molecule has 0 amide bonds. The molecule has 0 fully saturated rings. The molecule has 2 N–H and O–H groups in total. The van der Waals surface area contributed by atoms with Crippen molar-refractivity contribution in [1.82, 2.24) is 4.98 Å². The number of nitrogens with zero attached hydrogens (tertiary/aromatic N) is 1. The minimum atomic E-state index is -0.198. The third-order valence-electron chi connectivity index (χ3n) is 2.69. The largest absolute Gasteiger partial charge is 0.489 e. The van der Waals surface area contributed by atoms with Crippen molar-refractivity contribution in [3.63, 3.8) is 0 Å². The lowest BCUT2D eigenvalue weighted by Crippen LogP contribution is -2.13. The molecule has 3 nitrogen and oxygen atoms in total. The monoisotopic (exact) mass is 320 g/mol. The van der Waals surface area contributed by atoms with Crippen molar-refractivity contribution in [2.45, 2.75) is 26.0 Å². The minimum Gasteiger partial charge on any atom is -0.489 e. The van der Waals surface area contributed by atoms with Crippen LogP contribution in [-0.4, -0.2) is 11.1 Å². The van der Waals surface area contributed by atoms with Gasteiger partial charge in [-0.25, -0.2) is 0 Å². The van der Waals surface area contributed by atoms with Crippen LogP contribution < -0.4 is 10.5 Å². The maximum Gasteiger partial charge on any atom is 0.138 e. The summed E-state index contributed by atoms with van der Waals surface area (Å²) in [6, 6.07) is 9.72. The first-order valence-electron chi connectivity index (χ1n) is 6.19. The molecule has 0 saturated heterocycles. The number of benzene rings is 1. The van der Waals surface area contributed by atoms with Crippen LogP contribution in [0.5, 0.6) is 5.75 Å². The van der Waals surface area contributed by atoms with Gasteiger partial charge in [0, 0.05) is 10.7 Å². The quantitative estimate of drug-likeness (QED) is 0.934. The van der Waals surface area contributed by atoms with Crippen LogP contribution in [0.3, 0.4) is 0 Å². The average Bonchev–Trinajstić information content (AvgIpc) is 2.38. The molecular weight excluding hydrogens is 304 g/mol. The van der Waals surface area contributed by atoms with Crippen LogP contribution in [0.1, 0.15) is 31.0 Å². The third-order valence-corrected chi connectivity index (χ3v) is 3.22. The van der Waals surface area contributed by atoms with E-state index in [1.165, 1.54) is 0 Å². The summed E-state index contributed by atoms with van der Waals surface area (Å²) in [5.41, 5.74) is 8.25. The van der Waals surface area contributed by atoms with Crippen LogP contribution in [0, 0.1) is 0 Å². The molecule has 1 aromatic heterocycles. The lowest BCUT2D eigenvalue weighted by molar-refractivity contribution is 0.241. The van der Waals surface area contributed by atoms with Gasteiger partial charge in [0.25, 0.3) is 0 Å². The molecule has 2 aromatic rings. The number of hydrogen-bond acceptors (Lipinski definition) is 3. The fourth-order valence-corrected chi connectivity index (χ4v) is 2.07. The Hall–Kier alpha value is -1.39. The molecule has 1 aromatic carbocycles. The molecule has 100 valence electrons. The molecule has 1 atom stereocenters. The van der Waals surface area contributed by atoms with E-state index in [-0.39, 0.29) is 12.1 Å². The van der Waals surface area contributed by atoms with Crippen LogP contribution in [0.2, 0.25) is 0 Å². The Morgan fingerprint density at radius 2 is 1.79 bits per heavy atom. The molecule has 1 heterocycles. The third kappa shape index (κ3) is 3.78. The van der Waals surface area contributed by atoms with Gasteiger partial charge in [0.05, 0.1) is 18.3 Å². The lowest BCUT2D eigenvalue weighted by atomic mass is 10.0. The summed E-state index contributed by atoms with van der Waals surface area (Å²) in [5.74, 6) is 0.750. The van der Waals surface area contributed by atoms with Crippen LogP contribution in [0.15, 0.2) is 47.2 Å². The predicted molar refractivity (Wildman–Crippen MR) is 80.2 cm³/mol. The molecule has 2 rings (SSSR count). The summed E-state index contributed by atoms with van der Waals surface area (Å²) in [6.45, 7) is 3.97. The summed E-state index contributed by atoms with van der Waals surface area (Å²) in [6.07, 6.45) is 3.61.